The van der Waals surface area contributed by atoms with Gasteiger partial charge in [-0.25, -0.2) is 0 Å². The third-order valence-corrected chi connectivity index (χ3v) is 5.50. The summed E-state index contributed by atoms with van der Waals surface area (Å²) >= 11 is 0. The molecule has 9 nitrogen and oxygen atoms in total. The van der Waals surface area contributed by atoms with Crippen LogP contribution in [0.2, 0.25) is 0 Å². The molecule has 0 unspecified atom stereocenters. The number of rotatable bonds is 9. The number of benzene rings is 1. The van der Waals surface area contributed by atoms with Crippen LogP contribution in [-0.4, -0.2) is 73.0 Å². The molecule has 0 spiro atoms. The van der Waals surface area contributed by atoms with Crippen LogP contribution >= 0.6 is 0 Å². The van der Waals surface area contributed by atoms with E-state index in [2.05, 4.69) is 0 Å². The van der Waals surface area contributed by atoms with Gasteiger partial charge in [-0.15, -0.1) is 0 Å². The summed E-state index contributed by atoms with van der Waals surface area (Å²) in [6, 6.07) is 9.32. The van der Waals surface area contributed by atoms with E-state index < -0.39 is 48.7 Å². The van der Waals surface area contributed by atoms with Crippen molar-refractivity contribution in [1.82, 2.24) is 4.90 Å². The summed E-state index contributed by atoms with van der Waals surface area (Å²) in [5.74, 6) is -1.09. The van der Waals surface area contributed by atoms with Crippen molar-refractivity contribution in [3.8, 4) is 0 Å². The molecule has 0 N–H and O–H groups in total. The number of likely N-dealkylation sites (N-methyl/N-ethyl adjacent to an activating group) is 1. The van der Waals surface area contributed by atoms with E-state index in [-0.39, 0.29) is 18.9 Å². The van der Waals surface area contributed by atoms with Crippen molar-refractivity contribution >= 4 is 17.8 Å². The maximum atomic E-state index is 12.6. The Labute approximate surface area is 187 Å². The van der Waals surface area contributed by atoms with Crippen LogP contribution in [0, 0.1) is 0 Å². The largest absolute Gasteiger partial charge is 0.460 e. The van der Waals surface area contributed by atoms with Crippen molar-refractivity contribution in [2.24, 2.45) is 0 Å². The number of esters is 2. The molecular weight excluding hydrogens is 418 g/mol. The molecule has 2 saturated heterocycles. The number of nitrogens with zero attached hydrogens (tertiary/aromatic N) is 1. The summed E-state index contributed by atoms with van der Waals surface area (Å²) < 4.78 is 28.5. The van der Waals surface area contributed by atoms with Gasteiger partial charge in [-0.05, 0) is 13.8 Å². The lowest BCUT2D eigenvalue weighted by atomic mass is 10.00. The van der Waals surface area contributed by atoms with Crippen molar-refractivity contribution < 1.29 is 38.1 Å². The fourth-order valence-corrected chi connectivity index (χ4v) is 3.92. The Hall–Kier alpha value is -2.49. The van der Waals surface area contributed by atoms with Crippen molar-refractivity contribution in [3.05, 3.63) is 35.9 Å². The Balaban J connectivity index is 1.76. The number of hydrogen-bond acceptors (Lipinski definition) is 8. The second-order valence-electron chi connectivity index (χ2n) is 7.81. The van der Waals surface area contributed by atoms with E-state index in [0.717, 1.165) is 5.56 Å². The van der Waals surface area contributed by atoms with Crippen molar-refractivity contribution in [3.63, 3.8) is 0 Å². The van der Waals surface area contributed by atoms with E-state index in [1.54, 1.807) is 4.90 Å². The Morgan fingerprint density at radius 1 is 1.06 bits per heavy atom. The third-order valence-electron chi connectivity index (χ3n) is 5.50. The lowest BCUT2D eigenvalue weighted by Gasteiger charge is -2.39. The smallest absolute Gasteiger partial charge is 0.303 e. The molecule has 3 rings (SSSR count). The minimum atomic E-state index is -0.786. The number of carbonyl (C=O) groups excluding carboxylic acids is 3. The molecule has 1 aromatic rings. The van der Waals surface area contributed by atoms with Crippen molar-refractivity contribution in [1.29, 1.82) is 0 Å². The Kier molecular flexibility index (Phi) is 8.22. The van der Waals surface area contributed by atoms with Crippen LogP contribution in [0.15, 0.2) is 30.3 Å². The number of amides is 1. The molecule has 32 heavy (non-hydrogen) atoms. The van der Waals surface area contributed by atoms with E-state index >= 15 is 0 Å². The quantitative estimate of drug-likeness (QED) is 0.417. The van der Waals surface area contributed by atoms with Crippen LogP contribution in [0.4, 0.5) is 0 Å². The molecule has 0 aliphatic carbocycles. The molecule has 1 amide bonds. The van der Waals surface area contributed by atoms with Gasteiger partial charge < -0.3 is 28.6 Å². The Morgan fingerprint density at radius 3 is 2.34 bits per heavy atom. The first-order chi connectivity index (χ1) is 15.3. The van der Waals surface area contributed by atoms with Gasteiger partial charge in [0.25, 0.3) is 5.91 Å². The van der Waals surface area contributed by atoms with E-state index in [1.807, 2.05) is 44.2 Å². The van der Waals surface area contributed by atoms with E-state index in [0.29, 0.717) is 13.1 Å². The highest BCUT2D eigenvalue weighted by molar-refractivity contribution is 5.83. The molecule has 176 valence electrons. The third kappa shape index (κ3) is 6.05. The van der Waals surface area contributed by atoms with Crippen LogP contribution in [0.5, 0.6) is 0 Å². The van der Waals surface area contributed by atoms with Gasteiger partial charge in [0, 0.05) is 38.9 Å². The highest BCUT2D eigenvalue weighted by atomic mass is 16.7. The molecule has 2 fully saturated rings. The lowest BCUT2D eigenvalue weighted by molar-refractivity contribution is -0.281. The molecule has 0 saturated carbocycles. The monoisotopic (exact) mass is 449 g/mol. The number of carbonyl (C=O) groups is 3. The number of hydrogen-bond donors (Lipinski definition) is 0. The molecule has 2 aliphatic heterocycles. The topological polar surface area (TPSA) is 104 Å². The summed E-state index contributed by atoms with van der Waals surface area (Å²) in [4.78, 5) is 37.8. The van der Waals surface area contributed by atoms with Gasteiger partial charge in [0.05, 0.1) is 12.7 Å². The van der Waals surface area contributed by atoms with Gasteiger partial charge in [0.2, 0.25) is 0 Å². The molecule has 1 aromatic carbocycles. The number of ether oxygens (including phenoxy) is 5. The summed E-state index contributed by atoms with van der Waals surface area (Å²) in [6.07, 6.45) is -3.80. The lowest BCUT2D eigenvalue weighted by Crippen LogP contribution is -2.51. The van der Waals surface area contributed by atoms with E-state index in [9.17, 15) is 14.4 Å². The molecule has 6 atom stereocenters. The highest BCUT2D eigenvalue weighted by Crippen LogP contribution is 2.35. The summed E-state index contributed by atoms with van der Waals surface area (Å²) in [5, 5.41) is 0. The van der Waals surface area contributed by atoms with Crippen molar-refractivity contribution in [2.45, 2.75) is 70.9 Å². The Morgan fingerprint density at radius 2 is 1.75 bits per heavy atom. The van der Waals surface area contributed by atoms with E-state index in [4.69, 9.17) is 23.7 Å². The van der Waals surface area contributed by atoms with Crippen LogP contribution in [-0.2, 0) is 38.1 Å². The van der Waals surface area contributed by atoms with Crippen LogP contribution in [0.25, 0.3) is 0 Å². The SMILES string of the molecule is CCN(CC)C(=O)[C@H]1O[C@@H]1C[C@@H](OC(C)=O)[C@@H]1O[C@H](c2ccccc2)OC[C@H]1OC(C)=O. The summed E-state index contributed by atoms with van der Waals surface area (Å²) in [6.45, 7) is 7.66. The normalized spacial score (nSPS) is 27.8. The average Bonchev–Trinajstić information content (AvgIpc) is 3.53. The fourth-order valence-electron chi connectivity index (χ4n) is 3.92. The van der Waals surface area contributed by atoms with Crippen molar-refractivity contribution in [2.75, 3.05) is 19.7 Å². The fraction of sp³-hybridized carbons (Fsp3) is 0.609. The molecule has 0 radical (unpaired) electrons. The van der Waals surface area contributed by atoms with Gasteiger partial charge in [0.15, 0.2) is 18.5 Å². The summed E-state index contributed by atoms with van der Waals surface area (Å²) in [5.41, 5.74) is 0.789. The first-order valence-corrected chi connectivity index (χ1v) is 10.9. The van der Waals surface area contributed by atoms with Crippen LogP contribution in [0.1, 0.15) is 46.0 Å². The zero-order valence-electron chi connectivity index (χ0n) is 18.9. The zero-order valence-corrected chi connectivity index (χ0v) is 18.9. The molecular formula is C23H31NO8. The second kappa shape index (κ2) is 10.9. The average molecular weight is 450 g/mol. The van der Waals surface area contributed by atoms with Gasteiger partial charge >= 0.3 is 11.9 Å². The van der Waals surface area contributed by atoms with Gasteiger partial charge in [-0.1, -0.05) is 30.3 Å². The second-order valence-corrected chi connectivity index (χ2v) is 7.81. The van der Waals surface area contributed by atoms with Gasteiger partial charge in [-0.3, -0.25) is 14.4 Å². The minimum Gasteiger partial charge on any atom is -0.460 e. The van der Waals surface area contributed by atoms with Crippen LogP contribution < -0.4 is 0 Å². The maximum Gasteiger partial charge on any atom is 0.303 e. The molecule has 2 aliphatic rings. The molecule has 0 bridgehead atoms. The van der Waals surface area contributed by atoms with Crippen LogP contribution in [0.3, 0.4) is 0 Å². The molecule has 2 heterocycles. The first kappa shape index (κ1) is 24.2. The van der Waals surface area contributed by atoms with E-state index in [1.165, 1.54) is 13.8 Å². The molecule has 9 heteroatoms. The van der Waals surface area contributed by atoms with Gasteiger partial charge in [0.1, 0.15) is 12.2 Å². The number of epoxide rings is 1. The van der Waals surface area contributed by atoms with Gasteiger partial charge in [-0.2, -0.15) is 0 Å². The first-order valence-electron chi connectivity index (χ1n) is 10.9. The predicted octanol–water partition coefficient (Wildman–Crippen LogP) is 1.99. The minimum absolute atomic E-state index is 0.0783. The standard InChI is InChI=1S/C23H31NO8/c1-5-24(6-2)22(27)21-18(31-21)12-17(29-14(3)25)20-19(30-15(4)26)13-28-23(32-20)16-10-8-7-9-11-16/h7-11,17-21,23H,5-6,12-13H2,1-4H3/t17-,18-,19-,20+,21+,23-/m1/s1. The summed E-state index contributed by atoms with van der Waals surface area (Å²) in [7, 11) is 0. The highest BCUT2D eigenvalue weighted by Gasteiger charge is 2.51. The molecule has 0 aromatic heterocycles. The Bertz CT molecular complexity index is 796. The maximum absolute atomic E-state index is 12.6. The zero-order chi connectivity index (χ0) is 23.3. The predicted molar refractivity (Wildman–Crippen MR) is 112 cm³/mol.